The summed E-state index contributed by atoms with van der Waals surface area (Å²) in [6.07, 6.45) is 1.93. The maximum absolute atomic E-state index is 5.63. The highest BCUT2D eigenvalue weighted by molar-refractivity contribution is 5.43. The van der Waals surface area contributed by atoms with Crippen LogP contribution in [0.15, 0.2) is 18.2 Å². The van der Waals surface area contributed by atoms with E-state index in [0.717, 1.165) is 24.3 Å². The zero-order valence-electron chi connectivity index (χ0n) is 11.7. The molecule has 0 aromatic heterocycles. The quantitative estimate of drug-likeness (QED) is 0.713. The Kier molecular flexibility index (Phi) is 6.14. The van der Waals surface area contributed by atoms with Crippen LogP contribution in [-0.2, 0) is 6.42 Å². The number of methoxy groups -OCH3 is 1. The smallest absolute Gasteiger partial charge is 0.161 e. The summed E-state index contributed by atoms with van der Waals surface area (Å²) >= 11 is 0. The van der Waals surface area contributed by atoms with Crippen LogP contribution < -0.4 is 9.47 Å². The van der Waals surface area contributed by atoms with E-state index in [-0.39, 0.29) is 0 Å². The number of ether oxygens (including phenoxy) is 2. The highest BCUT2D eigenvalue weighted by Gasteiger charge is 2.07. The van der Waals surface area contributed by atoms with Crippen molar-refractivity contribution in [2.24, 2.45) is 5.92 Å². The number of hydrogen-bond acceptors (Lipinski definition) is 2. The van der Waals surface area contributed by atoms with Crippen molar-refractivity contribution >= 4 is 0 Å². The first-order chi connectivity index (χ1) is 8.71. The van der Waals surface area contributed by atoms with Crippen LogP contribution in [-0.4, -0.2) is 13.7 Å². The molecule has 2 heteroatoms. The summed E-state index contributed by atoms with van der Waals surface area (Å²) < 4.78 is 11.0. The molecule has 0 N–H and O–H groups in total. The van der Waals surface area contributed by atoms with Gasteiger partial charge in [-0.3, -0.25) is 0 Å². The van der Waals surface area contributed by atoms with Crippen molar-refractivity contribution in [2.45, 2.75) is 33.6 Å². The van der Waals surface area contributed by atoms with Gasteiger partial charge in [-0.25, -0.2) is 0 Å². The van der Waals surface area contributed by atoms with Crippen molar-refractivity contribution in [3.63, 3.8) is 0 Å². The molecule has 1 aromatic carbocycles. The minimum atomic E-state index is 0.363. The Morgan fingerprint density at radius 3 is 2.67 bits per heavy atom. The third kappa shape index (κ3) is 4.33. The van der Waals surface area contributed by atoms with Crippen molar-refractivity contribution < 1.29 is 9.47 Å². The molecule has 0 spiro atoms. The van der Waals surface area contributed by atoms with Crippen molar-refractivity contribution in [1.82, 2.24) is 0 Å². The Balaban J connectivity index is 2.79. The predicted molar refractivity (Wildman–Crippen MR) is 75.1 cm³/mol. The second-order valence-corrected chi connectivity index (χ2v) is 4.33. The molecule has 18 heavy (non-hydrogen) atoms. The van der Waals surface area contributed by atoms with Gasteiger partial charge in [0.05, 0.1) is 13.7 Å². The molecule has 0 aliphatic heterocycles. The van der Waals surface area contributed by atoms with Gasteiger partial charge in [0.2, 0.25) is 0 Å². The molecule has 1 unspecified atom stereocenters. The highest BCUT2D eigenvalue weighted by Crippen LogP contribution is 2.29. The largest absolute Gasteiger partial charge is 0.493 e. The van der Waals surface area contributed by atoms with Gasteiger partial charge >= 0.3 is 0 Å². The van der Waals surface area contributed by atoms with Gasteiger partial charge in [0, 0.05) is 5.92 Å². The topological polar surface area (TPSA) is 18.5 Å². The molecule has 0 aliphatic carbocycles. The summed E-state index contributed by atoms with van der Waals surface area (Å²) in [5.41, 5.74) is 1.23. The summed E-state index contributed by atoms with van der Waals surface area (Å²) in [4.78, 5) is 0. The van der Waals surface area contributed by atoms with Gasteiger partial charge < -0.3 is 9.47 Å². The van der Waals surface area contributed by atoms with Gasteiger partial charge in [0.15, 0.2) is 11.5 Å². The van der Waals surface area contributed by atoms with E-state index >= 15 is 0 Å². The molecule has 0 heterocycles. The first-order valence-corrected chi connectivity index (χ1v) is 6.43. The summed E-state index contributed by atoms with van der Waals surface area (Å²) in [5, 5.41) is 0. The average Bonchev–Trinajstić information content (AvgIpc) is 2.37. The molecule has 0 aliphatic rings. The summed E-state index contributed by atoms with van der Waals surface area (Å²) in [6.45, 7) is 6.81. The second-order valence-electron chi connectivity index (χ2n) is 4.33. The van der Waals surface area contributed by atoms with Gasteiger partial charge in [-0.15, -0.1) is 11.8 Å². The van der Waals surface area contributed by atoms with Crippen LogP contribution in [0.5, 0.6) is 11.5 Å². The number of rotatable bonds is 6. The fourth-order valence-corrected chi connectivity index (χ4v) is 1.82. The average molecular weight is 246 g/mol. The molecule has 0 saturated carbocycles. The van der Waals surface area contributed by atoms with Gasteiger partial charge in [-0.2, -0.15) is 0 Å². The molecule has 0 fully saturated rings. The first kappa shape index (κ1) is 14.4. The molecule has 0 saturated heterocycles. The fraction of sp³-hybridized carbons (Fsp3) is 0.500. The van der Waals surface area contributed by atoms with E-state index in [4.69, 9.17) is 9.47 Å². The van der Waals surface area contributed by atoms with Gasteiger partial charge in [0.25, 0.3) is 0 Å². The van der Waals surface area contributed by atoms with Crippen LogP contribution >= 0.6 is 0 Å². The third-order valence-electron chi connectivity index (χ3n) is 2.62. The van der Waals surface area contributed by atoms with Crippen LogP contribution in [0.25, 0.3) is 0 Å². The molecule has 0 amide bonds. The highest BCUT2D eigenvalue weighted by atomic mass is 16.5. The monoisotopic (exact) mass is 246 g/mol. The fourth-order valence-electron chi connectivity index (χ4n) is 1.82. The minimum Gasteiger partial charge on any atom is -0.493 e. The molecule has 0 bridgehead atoms. The standard InChI is InChI=1S/C16H22O2/c1-5-7-13(3)11-14-8-9-15(18-10-6-2)16(12-14)17-4/h8-9,12-13H,6,10-11H2,1-4H3. The van der Waals surface area contributed by atoms with E-state index in [9.17, 15) is 0 Å². The SMILES string of the molecule is CC#CC(C)Cc1ccc(OCCC)c(OC)c1. The minimum absolute atomic E-state index is 0.363. The molecular weight excluding hydrogens is 224 g/mol. The van der Waals surface area contributed by atoms with E-state index in [1.807, 2.05) is 19.1 Å². The van der Waals surface area contributed by atoms with Crippen LogP contribution in [0.1, 0.15) is 32.8 Å². The van der Waals surface area contributed by atoms with Gasteiger partial charge in [-0.05, 0) is 37.5 Å². The van der Waals surface area contributed by atoms with E-state index in [1.165, 1.54) is 5.56 Å². The maximum atomic E-state index is 5.63. The molecule has 1 atom stereocenters. The summed E-state index contributed by atoms with van der Waals surface area (Å²) in [6, 6.07) is 6.11. The number of benzene rings is 1. The van der Waals surface area contributed by atoms with Crippen LogP contribution in [0.2, 0.25) is 0 Å². The van der Waals surface area contributed by atoms with Crippen LogP contribution in [0.3, 0.4) is 0 Å². The zero-order chi connectivity index (χ0) is 13.4. The van der Waals surface area contributed by atoms with E-state index in [0.29, 0.717) is 12.5 Å². The lowest BCUT2D eigenvalue weighted by atomic mass is 10.0. The first-order valence-electron chi connectivity index (χ1n) is 6.43. The van der Waals surface area contributed by atoms with Crippen LogP contribution in [0.4, 0.5) is 0 Å². The Bertz CT molecular complexity index is 426. The van der Waals surface area contributed by atoms with Crippen molar-refractivity contribution in [1.29, 1.82) is 0 Å². The van der Waals surface area contributed by atoms with Crippen molar-refractivity contribution in [2.75, 3.05) is 13.7 Å². The Labute approximate surface area is 110 Å². The molecule has 98 valence electrons. The molecule has 1 rings (SSSR count). The maximum Gasteiger partial charge on any atom is 0.161 e. The zero-order valence-corrected chi connectivity index (χ0v) is 11.7. The summed E-state index contributed by atoms with van der Waals surface area (Å²) in [7, 11) is 1.67. The predicted octanol–water partition coefficient (Wildman–Crippen LogP) is 3.69. The van der Waals surface area contributed by atoms with E-state index in [2.05, 4.69) is 31.8 Å². The Hall–Kier alpha value is -1.62. The lowest BCUT2D eigenvalue weighted by Crippen LogP contribution is -2.00. The lowest BCUT2D eigenvalue weighted by molar-refractivity contribution is 0.294. The Morgan fingerprint density at radius 1 is 1.28 bits per heavy atom. The van der Waals surface area contributed by atoms with Gasteiger partial charge in [-0.1, -0.05) is 19.9 Å². The normalized spacial score (nSPS) is 11.3. The summed E-state index contributed by atoms with van der Waals surface area (Å²) in [5.74, 6) is 8.09. The van der Waals surface area contributed by atoms with E-state index < -0.39 is 0 Å². The molecule has 1 aromatic rings. The van der Waals surface area contributed by atoms with Gasteiger partial charge in [0.1, 0.15) is 0 Å². The van der Waals surface area contributed by atoms with Crippen molar-refractivity contribution in [3.05, 3.63) is 23.8 Å². The second kappa shape index (κ2) is 7.66. The lowest BCUT2D eigenvalue weighted by Gasteiger charge is -2.12. The molecule has 0 radical (unpaired) electrons. The molecule has 2 nitrogen and oxygen atoms in total. The van der Waals surface area contributed by atoms with Crippen LogP contribution in [0, 0.1) is 17.8 Å². The van der Waals surface area contributed by atoms with Crippen molar-refractivity contribution in [3.8, 4) is 23.3 Å². The molecular formula is C16H22O2. The number of hydrogen-bond donors (Lipinski definition) is 0. The third-order valence-corrected chi connectivity index (χ3v) is 2.62. The Morgan fingerprint density at radius 2 is 2.06 bits per heavy atom. The van der Waals surface area contributed by atoms with E-state index in [1.54, 1.807) is 7.11 Å².